The van der Waals surface area contributed by atoms with Crippen molar-refractivity contribution >= 4 is 22.4 Å². The molecule has 0 saturated heterocycles. The first-order chi connectivity index (χ1) is 11.8. The number of hydrogen-bond acceptors (Lipinski definition) is 2. The maximum Gasteiger partial charge on any atom is 0.279 e. The molecular formula is C20H21N2O2+. The number of nitrogens with one attached hydrogen (secondary N) is 1. The van der Waals surface area contributed by atoms with Crippen molar-refractivity contribution in [2.75, 3.05) is 19.0 Å². The van der Waals surface area contributed by atoms with Crippen LogP contribution in [-0.4, -0.2) is 19.6 Å². The van der Waals surface area contributed by atoms with E-state index >= 15 is 0 Å². The molecule has 0 heterocycles. The summed E-state index contributed by atoms with van der Waals surface area (Å²) in [5, 5.41) is 7.17. The molecule has 0 radical (unpaired) electrons. The molecule has 0 bridgehead atoms. The molecular weight excluding hydrogens is 300 g/mol. The molecule has 4 nitrogen and oxygen atoms in total. The van der Waals surface area contributed by atoms with Crippen LogP contribution in [0.15, 0.2) is 66.7 Å². The van der Waals surface area contributed by atoms with Gasteiger partial charge in [0.1, 0.15) is 12.3 Å². The maximum absolute atomic E-state index is 12.2. The highest BCUT2D eigenvalue weighted by Gasteiger charge is 2.07. The van der Waals surface area contributed by atoms with Crippen LogP contribution in [-0.2, 0) is 11.3 Å². The SMILES string of the molecule is COc1ccc(C[NH2+]CC(=O)Nc2cccc3ccccc23)cc1. The second kappa shape index (κ2) is 7.62. The van der Waals surface area contributed by atoms with Crippen LogP contribution in [0.3, 0.4) is 0 Å². The summed E-state index contributed by atoms with van der Waals surface area (Å²) in [6, 6.07) is 21.9. The van der Waals surface area contributed by atoms with Crippen molar-refractivity contribution in [1.29, 1.82) is 0 Å². The van der Waals surface area contributed by atoms with Gasteiger partial charge in [-0.05, 0) is 35.7 Å². The van der Waals surface area contributed by atoms with Crippen molar-refractivity contribution < 1.29 is 14.8 Å². The molecule has 24 heavy (non-hydrogen) atoms. The molecule has 1 amide bonds. The second-order valence-corrected chi connectivity index (χ2v) is 5.62. The number of carbonyl (C=O) groups is 1. The predicted molar refractivity (Wildman–Crippen MR) is 96.1 cm³/mol. The summed E-state index contributed by atoms with van der Waals surface area (Å²) in [5.74, 6) is 0.840. The summed E-state index contributed by atoms with van der Waals surface area (Å²) in [6.07, 6.45) is 0. The van der Waals surface area contributed by atoms with E-state index in [4.69, 9.17) is 4.74 Å². The number of amides is 1. The molecule has 0 aliphatic rings. The molecule has 0 atom stereocenters. The number of fused-ring (bicyclic) bond motifs is 1. The summed E-state index contributed by atoms with van der Waals surface area (Å²) in [5.41, 5.74) is 2.02. The summed E-state index contributed by atoms with van der Waals surface area (Å²) in [6.45, 7) is 1.14. The lowest BCUT2D eigenvalue weighted by Gasteiger charge is -2.08. The van der Waals surface area contributed by atoms with E-state index in [1.54, 1.807) is 7.11 Å². The van der Waals surface area contributed by atoms with Crippen LogP contribution < -0.4 is 15.4 Å². The lowest BCUT2D eigenvalue weighted by Crippen LogP contribution is -2.84. The van der Waals surface area contributed by atoms with Crippen LogP contribution in [0.1, 0.15) is 5.56 Å². The van der Waals surface area contributed by atoms with E-state index in [2.05, 4.69) is 5.32 Å². The maximum atomic E-state index is 12.2. The smallest absolute Gasteiger partial charge is 0.279 e. The minimum absolute atomic E-state index is 0.000125. The van der Waals surface area contributed by atoms with Crippen molar-refractivity contribution in [3.8, 4) is 5.75 Å². The highest BCUT2D eigenvalue weighted by Crippen LogP contribution is 2.22. The minimum atomic E-state index is -0.000125. The largest absolute Gasteiger partial charge is 0.497 e. The van der Waals surface area contributed by atoms with E-state index in [-0.39, 0.29) is 5.91 Å². The Morgan fingerprint density at radius 1 is 1.00 bits per heavy atom. The topological polar surface area (TPSA) is 54.9 Å². The molecule has 0 unspecified atom stereocenters. The van der Waals surface area contributed by atoms with E-state index in [0.717, 1.165) is 34.3 Å². The van der Waals surface area contributed by atoms with Crippen LogP contribution in [0.2, 0.25) is 0 Å². The van der Waals surface area contributed by atoms with Crippen molar-refractivity contribution in [2.24, 2.45) is 0 Å². The average molecular weight is 321 g/mol. The number of rotatable bonds is 6. The molecule has 3 aromatic rings. The number of hydrogen-bond donors (Lipinski definition) is 2. The first-order valence-corrected chi connectivity index (χ1v) is 7.98. The van der Waals surface area contributed by atoms with Gasteiger partial charge in [0, 0.05) is 16.6 Å². The fraction of sp³-hybridized carbons (Fsp3) is 0.150. The van der Waals surface area contributed by atoms with Gasteiger partial charge >= 0.3 is 0 Å². The predicted octanol–water partition coefficient (Wildman–Crippen LogP) is 2.55. The molecule has 0 aliphatic heterocycles. The number of ether oxygens (including phenoxy) is 1. The van der Waals surface area contributed by atoms with E-state index in [1.807, 2.05) is 72.0 Å². The third-order valence-corrected chi connectivity index (χ3v) is 3.93. The molecule has 4 heteroatoms. The van der Waals surface area contributed by atoms with Gasteiger partial charge in [0.15, 0.2) is 6.54 Å². The number of benzene rings is 3. The fourth-order valence-electron chi connectivity index (χ4n) is 2.67. The zero-order valence-electron chi connectivity index (χ0n) is 13.7. The van der Waals surface area contributed by atoms with Gasteiger partial charge in [-0.3, -0.25) is 4.79 Å². The van der Waals surface area contributed by atoms with E-state index in [9.17, 15) is 4.79 Å². The number of methoxy groups -OCH3 is 1. The number of quaternary nitrogens is 1. The van der Waals surface area contributed by atoms with E-state index in [0.29, 0.717) is 6.54 Å². The monoisotopic (exact) mass is 321 g/mol. The Morgan fingerprint density at radius 3 is 2.54 bits per heavy atom. The van der Waals surface area contributed by atoms with Crippen LogP contribution in [0.4, 0.5) is 5.69 Å². The lowest BCUT2D eigenvalue weighted by molar-refractivity contribution is -0.659. The lowest BCUT2D eigenvalue weighted by atomic mass is 10.1. The van der Waals surface area contributed by atoms with Gasteiger partial charge in [-0.1, -0.05) is 36.4 Å². The van der Waals surface area contributed by atoms with E-state index in [1.165, 1.54) is 0 Å². The van der Waals surface area contributed by atoms with Gasteiger partial charge in [-0.25, -0.2) is 0 Å². The Kier molecular flexibility index (Phi) is 5.08. The van der Waals surface area contributed by atoms with Crippen molar-refractivity contribution in [3.63, 3.8) is 0 Å². The molecule has 0 aromatic heterocycles. The second-order valence-electron chi connectivity index (χ2n) is 5.62. The standard InChI is InChI=1S/C20H20N2O2/c1-24-17-11-9-15(10-12-17)13-21-14-20(23)22-19-8-4-6-16-5-2-3-7-18(16)19/h2-12,21H,13-14H2,1H3,(H,22,23)/p+1. The Labute approximate surface area is 141 Å². The van der Waals surface area contributed by atoms with Gasteiger partial charge in [-0.2, -0.15) is 0 Å². The zero-order valence-corrected chi connectivity index (χ0v) is 13.7. The summed E-state index contributed by atoms with van der Waals surface area (Å²) < 4.78 is 5.14. The molecule has 0 saturated carbocycles. The van der Waals surface area contributed by atoms with E-state index < -0.39 is 0 Å². The highest BCUT2D eigenvalue weighted by atomic mass is 16.5. The number of anilines is 1. The Bertz CT molecular complexity index is 823. The number of nitrogens with two attached hydrogens (primary N) is 1. The van der Waals surface area contributed by atoms with Crippen LogP contribution in [0, 0.1) is 0 Å². The summed E-state index contributed by atoms with van der Waals surface area (Å²) in [4.78, 5) is 12.2. The van der Waals surface area contributed by atoms with Gasteiger partial charge < -0.3 is 15.4 Å². The number of carbonyl (C=O) groups excluding carboxylic acids is 1. The summed E-state index contributed by atoms with van der Waals surface area (Å²) >= 11 is 0. The summed E-state index contributed by atoms with van der Waals surface area (Å²) in [7, 11) is 1.65. The quantitative estimate of drug-likeness (QED) is 0.733. The molecule has 0 aliphatic carbocycles. The van der Waals surface area contributed by atoms with Gasteiger partial charge in [0.25, 0.3) is 5.91 Å². The molecule has 0 fully saturated rings. The van der Waals surface area contributed by atoms with Crippen molar-refractivity contribution in [3.05, 3.63) is 72.3 Å². The average Bonchev–Trinajstić information content (AvgIpc) is 2.63. The molecule has 3 aromatic carbocycles. The van der Waals surface area contributed by atoms with Crippen molar-refractivity contribution in [1.82, 2.24) is 0 Å². The van der Waals surface area contributed by atoms with Crippen LogP contribution in [0.5, 0.6) is 5.75 Å². The Balaban J connectivity index is 1.55. The fourth-order valence-corrected chi connectivity index (χ4v) is 2.67. The first kappa shape index (κ1) is 16.0. The normalized spacial score (nSPS) is 10.5. The van der Waals surface area contributed by atoms with Crippen LogP contribution in [0.25, 0.3) is 10.8 Å². The highest BCUT2D eigenvalue weighted by molar-refractivity contribution is 6.02. The zero-order chi connectivity index (χ0) is 16.8. The van der Waals surface area contributed by atoms with Crippen LogP contribution >= 0.6 is 0 Å². The van der Waals surface area contributed by atoms with Crippen molar-refractivity contribution in [2.45, 2.75) is 6.54 Å². The molecule has 3 rings (SSSR count). The third kappa shape index (κ3) is 3.91. The Hall–Kier alpha value is -2.85. The third-order valence-electron chi connectivity index (χ3n) is 3.93. The minimum Gasteiger partial charge on any atom is -0.497 e. The molecule has 0 spiro atoms. The molecule has 3 N–H and O–H groups in total. The van der Waals surface area contributed by atoms with Gasteiger partial charge in [0.2, 0.25) is 0 Å². The van der Waals surface area contributed by atoms with Gasteiger partial charge in [-0.15, -0.1) is 0 Å². The molecule has 122 valence electrons. The Morgan fingerprint density at radius 2 is 1.75 bits per heavy atom. The van der Waals surface area contributed by atoms with Gasteiger partial charge in [0.05, 0.1) is 7.11 Å². The first-order valence-electron chi connectivity index (χ1n) is 7.98.